The molecular formula is C36H46Cl2N8O5. The van der Waals surface area contributed by atoms with Gasteiger partial charge in [0.2, 0.25) is 23.6 Å². The maximum absolute atomic E-state index is 13.0. The van der Waals surface area contributed by atoms with Crippen molar-refractivity contribution in [1.29, 1.82) is 0 Å². The number of alkyl carbamates (subject to hydrolysis) is 1. The van der Waals surface area contributed by atoms with Crippen molar-refractivity contribution in [3.63, 3.8) is 0 Å². The summed E-state index contributed by atoms with van der Waals surface area (Å²) in [4.78, 5) is 56.4. The lowest BCUT2D eigenvalue weighted by Gasteiger charge is -2.36. The molecule has 51 heavy (non-hydrogen) atoms. The highest BCUT2D eigenvalue weighted by atomic mass is 35.5. The minimum atomic E-state index is -0.712. The molecule has 15 heteroatoms. The van der Waals surface area contributed by atoms with E-state index < -0.39 is 17.7 Å². The van der Waals surface area contributed by atoms with Crippen LogP contribution in [0.15, 0.2) is 42.7 Å². The zero-order chi connectivity index (χ0) is 36.7. The highest BCUT2D eigenvalue weighted by Crippen LogP contribution is 2.31. The van der Waals surface area contributed by atoms with Crippen LogP contribution in [0.2, 0.25) is 10.0 Å². The van der Waals surface area contributed by atoms with Crippen LogP contribution in [-0.2, 0) is 20.9 Å². The van der Waals surface area contributed by atoms with Gasteiger partial charge in [-0.2, -0.15) is 0 Å². The highest BCUT2D eigenvalue weighted by molar-refractivity contribution is 6.35. The van der Waals surface area contributed by atoms with Gasteiger partial charge in [-0.15, -0.1) is 0 Å². The summed E-state index contributed by atoms with van der Waals surface area (Å²) in [7, 11) is 0. The number of halogens is 2. The summed E-state index contributed by atoms with van der Waals surface area (Å²) in [6.07, 6.45) is 4.60. The Labute approximate surface area is 309 Å². The summed E-state index contributed by atoms with van der Waals surface area (Å²) in [6, 6.07) is 8.55. The number of piperazine rings is 1. The van der Waals surface area contributed by atoms with Gasteiger partial charge in [0.25, 0.3) is 0 Å². The quantitative estimate of drug-likeness (QED) is 0.272. The first kappa shape index (κ1) is 38.0. The van der Waals surface area contributed by atoms with Crippen LogP contribution in [0, 0.1) is 5.92 Å². The number of hydrogen-bond acceptors (Lipinski definition) is 10. The Morgan fingerprint density at radius 1 is 0.941 bits per heavy atom. The van der Waals surface area contributed by atoms with E-state index in [-0.39, 0.29) is 11.8 Å². The summed E-state index contributed by atoms with van der Waals surface area (Å²) in [6.45, 7) is 13.7. The standard InChI is InChI=1S/C36H46Cl2N8O5/c1-23(42-35(49)51-36(3,4)5)33(48)45-10-12-46(13-11-45)34-40-20-30(21-41-34)50-32-15-26(14-31(43-32)27-16-28(37)18-29(38)17-27)22-44-8-6-25(7-9-44)19-39-24(2)47/h14-18,20-21,23,25H,6-13,19,22H2,1-5H3,(H,39,47)(H,42,49). The van der Waals surface area contributed by atoms with Gasteiger partial charge >= 0.3 is 6.09 Å². The van der Waals surface area contributed by atoms with E-state index in [1.54, 1.807) is 58.0 Å². The van der Waals surface area contributed by atoms with Crippen LogP contribution in [0.4, 0.5) is 10.7 Å². The van der Waals surface area contributed by atoms with E-state index in [2.05, 4.69) is 25.5 Å². The molecule has 2 fully saturated rings. The number of piperidine rings is 1. The summed E-state index contributed by atoms with van der Waals surface area (Å²) < 4.78 is 11.5. The minimum Gasteiger partial charge on any atom is -0.444 e. The van der Waals surface area contributed by atoms with Crippen molar-refractivity contribution in [2.24, 2.45) is 5.92 Å². The summed E-state index contributed by atoms with van der Waals surface area (Å²) in [5.74, 6) is 1.63. The minimum absolute atomic E-state index is 0.00355. The molecule has 0 radical (unpaired) electrons. The molecular weight excluding hydrogens is 695 g/mol. The number of rotatable bonds is 10. The van der Waals surface area contributed by atoms with Crippen LogP contribution < -0.4 is 20.3 Å². The van der Waals surface area contributed by atoms with Gasteiger partial charge in [-0.3, -0.25) is 14.5 Å². The van der Waals surface area contributed by atoms with Crippen LogP contribution in [-0.4, -0.2) is 100 Å². The average Bonchev–Trinajstić information content (AvgIpc) is 3.06. The predicted molar refractivity (Wildman–Crippen MR) is 196 cm³/mol. The molecule has 1 aromatic carbocycles. The first-order valence-electron chi connectivity index (χ1n) is 17.2. The van der Waals surface area contributed by atoms with Gasteiger partial charge in [-0.1, -0.05) is 23.2 Å². The van der Waals surface area contributed by atoms with Gasteiger partial charge in [-0.25, -0.2) is 19.7 Å². The van der Waals surface area contributed by atoms with Crippen molar-refractivity contribution < 1.29 is 23.9 Å². The number of likely N-dealkylation sites (tertiary alicyclic amines) is 1. The highest BCUT2D eigenvalue weighted by Gasteiger charge is 2.28. The third-order valence-electron chi connectivity index (χ3n) is 8.59. The molecule has 3 aromatic rings. The molecule has 1 atom stereocenters. The van der Waals surface area contributed by atoms with Crippen molar-refractivity contribution in [2.45, 2.75) is 65.6 Å². The molecule has 5 rings (SSSR count). The van der Waals surface area contributed by atoms with E-state index in [1.165, 1.54) is 0 Å². The summed E-state index contributed by atoms with van der Waals surface area (Å²) in [5.41, 5.74) is 1.82. The van der Waals surface area contributed by atoms with Crippen molar-refractivity contribution in [2.75, 3.05) is 50.7 Å². The van der Waals surface area contributed by atoms with E-state index in [0.717, 1.165) is 37.1 Å². The van der Waals surface area contributed by atoms with Crippen molar-refractivity contribution >= 4 is 47.1 Å². The first-order valence-corrected chi connectivity index (χ1v) is 17.9. The number of hydrogen-bond donors (Lipinski definition) is 2. The van der Waals surface area contributed by atoms with Gasteiger partial charge in [0, 0.05) is 67.9 Å². The second-order valence-corrected chi connectivity index (χ2v) is 14.9. The molecule has 0 spiro atoms. The van der Waals surface area contributed by atoms with Gasteiger partial charge in [0.05, 0.1) is 18.1 Å². The molecule has 1 unspecified atom stereocenters. The van der Waals surface area contributed by atoms with Gasteiger partial charge < -0.3 is 29.9 Å². The number of carbonyl (C=O) groups excluding carboxylic acids is 3. The number of pyridine rings is 1. The SMILES string of the molecule is CC(=O)NCC1CCN(Cc2cc(Oc3cnc(N4CCN(C(=O)C(C)NC(=O)OC(C)(C)C)CC4)nc3)nc(-c3cc(Cl)cc(Cl)c3)c2)CC1. The Kier molecular flexibility index (Phi) is 12.6. The fourth-order valence-corrected chi connectivity index (χ4v) is 6.57. The Bertz CT molecular complexity index is 1670. The third-order valence-corrected chi connectivity index (χ3v) is 9.02. The number of ether oxygens (including phenoxy) is 2. The maximum atomic E-state index is 13.0. The molecule has 2 aliphatic rings. The van der Waals surface area contributed by atoms with Crippen molar-refractivity contribution in [1.82, 2.24) is 35.4 Å². The number of amides is 3. The van der Waals surface area contributed by atoms with Crippen LogP contribution >= 0.6 is 23.2 Å². The zero-order valence-corrected chi connectivity index (χ0v) is 31.3. The Hall–Kier alpha value is -4.20. The van der Waals surface area contributed by atoms with Crippen molar-refractivity contribution in [3.05, 3.63) is 58.3 Å². The molecule has 13 nitrogen and oxygen atoms in total. The van der Waals surface area contributed by atoms with Crippen LogP contribution in [0.1, 0.15) is 53.0 Å². The van der Waals surface area contributed by atoms with E-state index in [9.17, 15) is 14.4 Å². The van der Waals surface area contributed by atoms with Crippen LogP contribution in [0.5, 0.6) is 11.6 Å². The van der Waals surface area contributed by atoms with Crippen LogP contribution in [0.25, 0.3) is 11.3 Å². The van der Waals surface area contributed by atoms with Crippen molar-refractivity contribution in [3.8, 4) is 22.9 Å². The number of aromatic nitrogens is 3. The Morgan fingerprint density at radius 3 is 2.20 bits per heavy atom. The van der Waals surface area contributed by atoms with Gasteiger partial charge in [0.15, 0.2) is 5.75 Å². The number of benzene rings is 1. The molecule has 274 valence electrons. The zero-order valence-electron chi connectivity index (χ0n) is 29.7. The maximum Gasteiger partial charge on any atom is 0.408 e. The molecule has 4 heterocycles. The number of carbonyl (C=O) groups is 3. The van der Waals surface area contributed by atoms with Crippen LogP contribution in [0.3, 0.4) is 0 Å². The van der Waals surface area contributed by atoms with E-state index >= 15 is 0 Å². The smallest absolute Gasteiger partial charge is 0.408 e. The second-order valence-electron chi connectivity index (χ2n) is 14.0. The predicted octanol–water partition coefficient (Wildman–Crippen LogP) is 5.55. The largest absolute Gasteiger partial charge is 0.444 e. The fourth-order valence-electron chi connectivity index (χ4n) is 6.04. The molecule has 2 aliphatic heterocycles. The van der Waals surface area contributed by atoms with Gasteiger partial charge in [0.1, 0.15) is 11.6 Å². The number of anilines is 1. The lowest BCUT2D eigenvalue weighted by molar-refractivity contribution is -0.133. The first-order chi connectivity index (χ1) is 24.2. The monoisotopic (exact) mass is 740 g/mol. The number of nitrogens with one attached hydrogen (secondary N) is 2. The fraction of sp³-hybridized carbons (Fsp3) is 0.500. The molecule has 0 saturated carbocycles. The molecule has 0 bridgehead atoms. The van der Waals surface area contributed by atoms with Gasteiger partial charge in [-0.05, 0) is 89.4 Å². The average molecular weight is 742 g/mol. The summed E-state index contributed by atoms with van der Waals surface area (Å²) >= 11 is 12.7. The molecule has 3 amide bonds. The second kappa shape index (κ2) is 16.9. The summed E-state index contributed by atoms with van der Waals surface area (Å²) in [5, 5.41) is 6.58. The Morgan fingerprint density at radius 2 is 1.59 bits per heavy atom. The molecule has 2 aromatic heterocycles. The molecule has 2 N–H and O–H groups in total. The van der Waals surface area contributed by atoms with E-state index in [1.807, 2.05) is 29.2 Å². The lowest BCUT2D eigenvalue weighted by Crippen LogP contribution is -2.54. The van der Waals surface area contributed by atoms with E-state index in [0.29, 0.717) is 78.5 Å². The number of nitrogens with zero attached hydrogens (tertiary/aromatic N) is 6. The molecule has 2 saturated heterocycles. The topological polar surface area (TPSA) is 142 Å². The Balaban J connectivity index is 1.22. The normalized spacial score (nSPS) is 16.4. The van der Waals surface area contributed by atoms with E-state index in [4.69, 9.17) is 37.7 Å². The lowest BCUT2D eigenvalue weighted by atomic mass is 9.96. The molecule has 0 aliphatic carbocycles. The third kappa shape index (κ3) is 11.4.